The monoisotopic (exact) mass is 379 g/mol. The maximum absolute atomic E-state index is 12.7. The normalized spacial score (nSPS) is 24.9. The van der Waals surface area contributed by atoms with Gasteiger partial charge in [0.15, 0.2) is 5.13 Å². The van der Waals surface area contributed by atoms with Crippen molar-refractivity contribution in [3.8, 4) is 0 Å². The number of aryl methyl sites for hydroxylation is 1. The molecule has 1 aromatic heterocycles. The van der Waals surface area contributed by atoms with Crippen LogP contribution in [0.5, 0.6) is 0 Å². The second kappa shape index (κ2) is 6.98. The molecule has 1 aliphatic heterocycles. The van der Waals surface area contributed by atoms with Crippen LogP contribution < -0.4 is 10.6 Å². The number of rotatable bonds is 4. The lowest BCUT2D eigenvalue weighted by atomic mass is 9.74. The summed E-state index contributed by atoms with van der Waals surface area (Å²) >= 11 is 1.38. The summed E-state index contributed by atoms with van der Waals surface area (Å²) in [6, 6.07) is 0. The Hall–Kier alpha value is -1.96. The van der Waals surface area contributed by atoms with Crippen molar-refractivity contribution in [2.24, 2.45) is 17.3 Å². The quantitative estimate of drug-likeness (QED) is 0.617. The molecule has 142 valence electrons. The van der Waals surface area contributed by atoms with E-state index in [0.717, 1.165) is 11.3 Å². The first kappa shape index (κ1) is 18.8. The van der Waals surface area contributed by atoms with Gasteiger partial charge in [0.25, 0.3) is 0 Å². The summed E-state index contributed by atoms with van der Waals surface area (Å²) < 4.78 is 5.11. The molecule has 3 rings (SSSR count). The zero-order chi connectivity index (χ0) is 19.1. The van der Waals surface area contributed by atoms with Crippen LogP contribution in [0, 0.1) is 17.3 Å². The fraction of sp³-hybridized carbons (Fsp3) is 0.667. The minimum Gasteiger partial charge on any atom is -0.465 e. The topological polar surface area (TPSA) is 97.4 Å². The first-order valence-corrected chi connectivity index (χ1v) is 9.78. The van der Waals surface area contributed by atoms with Crippen LogP contribution in [0.1, 0.15) is 50.6 Å². The molecule has 2 aliphatic rings. The Kier molecular flexibility index (Phi) is 5.05. The summed E-state index contributed by atoms with van der Waals surface area (Å²) in [5, 5.41) is 6.03. The smallest absolute Gasteiger partial charge is 0.315 e. The fourth-order valence-corrected chi connectivity index (χ4v) is 4.71. The summed E-state index contributed by atoms with van der Waals surface area (Å²) in [4.78, 5) is 42.4. The Bertz CT molecular complexity index is 737. The van der Waals surface area contributed by atoms with Crippen LogP contribution in [0.15, 0.2) is 0 Å². The number of fused-ring (bicyclic) bond motifs is 1. The van der Waals surface area contributed by atoms with E-state index < -0.39 is 5.92 Å². The molecule has 0 radical (unpaired) electrons. The van der Waals surface area contributed by atoms with Crippen molar-refractivity contribution in [1.29, 1.82) is 0 Å². The van der Waals surface area contributed by atoms with Crippen molar-refractivity contribution in [2.45, 2.75) is 46.5 Å². The van der Waals surface area contributed by atoms with E-state index in [9.17, 15) is 14.4 Å². The van der Waals surface area contributed by atoms with E-state index in [1.165, 1.54) is 11.3 Å². The largest absolute Gasteiger partial charge is 0.465 e. The molecular weight excluding hydrogens is 354 g/mol. The Labute approximate surface area is 156 Å². The maximum Gasteiger partial charge on any atom is 0.315 e. The number of ether oxygens (including phenoxy) is 1. The van der Waals surface area contributed by atoms with E-state index in [4.69, 9.17) is 4.74 Å². The molecule has 1 fully saturated rings. The van der Waals surface area contributed by atoms with Crippen LogP contribution in [-0.4, -0.2) is 35.9 Å². The average Bonchev–Trinajstić information content (AvgIpc) is 3.20. The lowest BCUT2D eigenvalue weighted by Gasteiger charge is -2.29. The van der Waals surface area contributed by atoms with Crippen LogP contribution in [-0.2, 0) is 25.5 Å². The van der Waals surface area contributed by atoms with Crippen LogP contribution in [0.4, 0.5) is 5.13 Å². The molecule has 1 aromatic rings. The zero-order valence-corrected chi connectivity index (χ0v) is 16.4. The van der Waals surface area contributed by atoms with Gasteiger partial charge >= 0.3 is 5.97 Å². The lowest BCUT2D eigenvalue weighted by Crippen LogP contribution is -2.37. The number of amides is 2. The second-order valence-electron chi connectivity index (χ2n) is 7.86. The summed E-state index contributed by atoms with van der Waals surface area (Å²) in [7, 11) is 0. The fourth-order valence-electron chi connectivity index (χ4n) is 3.67. The van der Waals surface area contributed by atoms with E-state index in [2.05, 4.69) is 15.6 Å². The molecule has 0 aromatic carbocycles. The van der Waals surface area contributed by atoms with Crippen LogP contribution in [0.25, 0.3) is 0 Å². The van der Waals surface area contributed by atoms with Crippen molar-refractivity contribution in [3.63, 3.8) is 0 Å². The van der Waals surface area contributed by atoms with Gasteiger partial charge in [0.05, 0.1) is 12.3 Å². The number of carbonyl (C=O) groups excluding carboxylic acids is 3. The van der Waals surface area contributed by atoms with Crippen LogP contribution in [0.2, 0.25) is 0 Å². The Morgan fingerprint density at radius 2 is 2.12 bits per heavy atom. The van der Waals surface area contributed by atoms with E-state index in [1.807, 2.05) is 20.8 Å². The highest BCUT2D eigenvalue weighted by atomic mass is 32.1. The predicted octanol–water partition coefficient (Wildman–Crippen LogP) is 2.08. The molecule has 7 nitrogen and oxygen atoms in total. The molecule has 0 unspecified atom stereocenters. The first-order valence-electron chi connectivity index (χ1n) is 8.97. The molecule has 2 heterocycles. The summed E-state index contributed by atoms with van der Waals surface area (Å²) in [6.07, 6.45) is 1.44. The van der Waals surface area contributed by atoms with Crippen LogP contribution >= 0.6 is 11.3 Å². The van der Waals surface area contributed by atoms with Gasteiger partial charge in [0.2, 0.25) is 11.8 Å². The second-order valence-corrected chi connectivity index (χ2v) is 8.94. The number of nitrogens with one attached hydrogen (secondary N) is 2. The third-order valence-corrected chi connectivity index (χ3v) is 6.14. The number of thiazole rings is 1. The van der Waals surface area contributed by atoms with Gasteiger partial charge in [-0.05, 0) is 25.2 Å². The van der Waals surface area contributed by atoms with Gasteiger partial charge in [-0.25, -0.2) is 4.98 Å². The number of nitrogens with zero attached hydrogens (tertiary/aromatic N) is 1. The Balaban J connectivity index is 1.74. The Morgan fingerprint density at radius 1 is 1.38 bits per heavy atom. The van der Waals surface area contributed by atoms with Gasteiger partial charge in [0, 0.05) is 17.3 Å². The molecule has 26 heavy (non-hydrogen) atoms. The number of carbonyl (C=O) groups is 3. The predicted molar refractivity (Wildman–Crippen MR) is 97.9 cm³/mol. The van der Waals surface area contributed by atoms with Gasteiger partial charge in [-0.3, -0.25) is 14.4 Å². The molecule has 3 atom stereocenters. The third kappa shape index (κ3) is 3.47. The van der Waals surface area contributed by atoms with Crippen molar-refractivity contribution in [1.82, 2.24) is 10.3 Å². The molecule has 8 heteroatoms. The minimum atomic E-state index is -0.727. The van der Waals surface area contributed by atoms with E-state index in [-0.39, 0.29) is 35.0 Å². The van der Waals surface area contributed by atoms with Crippen molar-refractivity contribution in [2.75, 3.05) is 18.5 Å². The highest BCUT2D eigenvalue weighted by Crippen LogP contribution is 2.40. The molecule has 0 saturated carbocycles. The van der Waals surface area contributed by atoms with Crippen molar-refractivity contribution in [3.05, 3.63) is 10.6 Å². The van der Waals surface area contributed by atoms with Gasteiger partial charge in [-0.15, -0.1) is 11.3 Å². The standard InChI is InChI=1S/C18H25N3O4S/c1-5-25-16(24)9-6-7-11-13(9)20-17(26-11)21-15(23)12-10(18(2,3)4)8-19-14(12)22/h9-10,12H,5-8H2,1-4H3,(H,19,22)(H,20,21,23)/t9-,10+,12-/m1/s1. The number of hydrogen-bond acceptors (Lipinski definition) is 6. The van der Waals surface area contributed by atoms with Crippen molar-refractivity contribution < 1.29 is 19.1 Å². The van der Waals surface area contributed by atoms with Gasteiger partial charge in [-0.1, -0.05) is 20.8 Å². The SMILES string of the molecule is CCOC(=O)[C@@H]1CCc2sc(NC(=O)[C@H]3C(=O)NC[C@@H]3C(C)(C)C)nc21. The minimum absolute atomic E-state index is 0.0749. The third-order valence-electron chi connectivity index (χ3n) is 5.09. The summed E-state index contributed by atoms with van der Waals surface area (Å²) in [5.74, 6) is -2.00. The van der Waals surface area contributed by atoms with Crippen molar-refractivity contribution >= 4 is 34.3 Å². The molecule has 1 saturated heterocycles. The number of esters is 1. The molecule has 0 bridgehead atoms. The lowest BCUT2D eigenvalue weighted by molar-refractivity contribution is -0.145. The number of hydrogen-bond donors (Lipinski definition) is 2. The van der Waals surface area contributed by atoms with E-state index in [1.54, 1.807) is 6.92 Å². The molecule has 2 N–H and O–H groups in total. The highest BCUT2D eigenvalue weighted by molar-refractivity contribution is 7.16. The molecular formula is C18H25N3O4S. The number of anilines is 1. The van der Waals surface area contributed by atoms with E-state index in [0.29, 0.717) is 30.4 Å². The van der Waals surface area contributed by atoms with Gasteiger partial charge in [0.1, 0.15) is 11.8 Å². The molecule has 0 spiro atoms. The summed E-state index contributed by atoms with van der Waals surface area (Å²) in [6.45, 7) is 8.70. The van der Waals surface area contributed by atoms with Crippen LogP contribution in [0.3, 0.4) is 0 Å². The maximum atomic E-state index is 12.7. The average molecular weight is 379 g/mol. The molecule has 1 aliphatic carbocycles. The zero-order valence-electron chi connectivity index (χ0n) is 15.5. The number of aromatic nitrogens is 1. The molecule has 2 amide bonds. The Morgan fingerprint density at radius 3 is 2.77 bits per heavy atom. The van der Waals surface area contributed by atoms with Gasteiger partial charge < -0.3 is 15.4 Å². The first-order chi connectivity index (χ1) is 12.2. The van der Waals surface area contributed by atoms with Gasteiger partial charge in [-0.2, -0.15) is 0 Å². The summed E-state index contributed by atoms with van der Waals surface area (Å²) in [5.41, 5.74) is 0.535. The van der Waals surface area contributed by atoms with E-state index >= 15 is 0 Å². The highest BCUT2D eigenvalue weighted by Gasteiger charge is 2.46.